The van der Waals surface area contributed by atoms with Gasteiger partial charge < -0.3 is 9.75 Å². The first-order chi connectivity index (χ1) is 9.09. The van der Waals surface area contributed by atoms with Crippen molar-refractivity contribution in [1.82, 2.24) is 4.98 Å². The van der Waals surface area contributed by atoms with Crippen LogP contribution in [0.1, 0.15) is 11.3 Å². The van der Waals surface area contributed by atoms with E-state index in [1.165, 1.54) is 5.01 Å². The van der Waals surface area contributed by atoms with Gasteiger partial charge in [0.15, 0.2) is 0 Å². The summed E-state index contributed by atoms with van der Waals surface area (Å²) in [5, 5.41) is 2.16. The maximum absolute atomic E-state index is 6.20. The molecule has 1 heterocycles. The van der Waals surface area contributed by atoms with Crippen molar-refractivity contribution < 1.29 is 4.74 Å². The maximum atomic E-state index is 6.20. The Hall–Kier alpha value is -1.78. The summed E-state index contributed by atoms with van der Waals surface area (Å²) in [7, 11) is 1.77. The van der Waals surface area contributed by atoms with Gasteiger partial charge in [-0.05, 0) is 31.2 Å². The average Bonchev–Trinajstić information content (AvgIpc) is 2.38. The first-order valence-electron chi connectivity index (χ1n) is 5.90. The van der Waals surface area contributed by atoms with E-state index in [1.54, 1.807) is 13.2 Å². The summed E-state index contributed by atoms with van der Waals surface area (Å²) in [6.45, 7) is 2.25. The Kier molecular flexibility index (Phi) is 4.24. The number of rotatable bonds is 4. The smallest absolute Gasteiger partial charge is 0.141 e. The topological polar surface area (TPSA) is 51.4 Å². The van der Waals surface area contributed by atoms with E-state index in [1.807, 2.05) is 37.3 Å². The lowest BCUT2D eigenvalue weighted by Gasteiger charge is -2.18. The van der Waals surface area contributed by atoms with Gasteiger partial charge in [-0.15, -0.1) is 0 Å². The second kappa shape index (κ2) is 5.91. The van der Waals surface area contributed by atoms with Crippen LogP contribution in [0.5, 0.6) is 5.75 Å². The molecule has 0 radical (unpaired) electrons. The van der Waals surface area contributed by atoms with Crippen molar-refractivity contribution >= 4 is 17.3 Å². The summed E-state index contributed by atoms with van der Waals surface area (Å²) in [6, 6.07) is 9.31. The molecule has 2 N–H and O–H groups in total. The van der Waals surface area contributed by atoms with Crippen LogP contribution in [-0.4, -0.2) is 12.0 Å². The van der Waals surface area contributed by atoms with E-state index in [-0.39, 0.29) is 0 Å². The highest BCUT2D eigenvalue weighted by molar-refractivity contribution is 6.31. The quantitative estimate of drug-likeness (QED) is 0.690. The maximum Gasteiger partial charge on any atom is 0.141 e. The molecule has 5 heteroatoms. The fourth-order valence-electron chi connectivity index (χ4n) is 1.79. The Balaban J connectivity index is 2.22. The van der Waals surface area contributed by atoms with Crippen molar-refractivity contribution in [3.05, 3.63) is 52.8 Å². The molecule has 0 bridgehead atoms. The molecular formula is C14H16ClN3O. The lowest BCUT2D eigenvalue weighted by Crippen LogP contribution is -2.26. The fraction of sp³-hybridized carbons (Fsp3) is 0.214. The number of hydrogen-bond acceptors (Lipinski definition) is 4. The summed E-state index contributed by atoms with van der Waals surface area (Å²) in [5.74, 6) is 6.53. The number of hydrogen-bond donors (Lipinski definition) is 1. The van der Waals surface area contributed by atoms with E-state index in [4.69, 9.17) is 22.2 Å². The molecule has 0 aliphatic carbocycles. The highest BCUT2D eigenvalue weighted by Gasteiger charge is 2.10. The number of aromatic nitrogens is 1. The van der Waals surface area contributed by atoms with E-state index >= 15 is 0 Å². The van der Waals surface area contributed by atoms with Crippen molar-refractivity contribution in [2.75, 3.05) is 12.1 Å². The minimum Gasteiger partial charge on any atom is -0.487 e. The van der Waals surface area contributed by atoms with Crippen LogP contribution in [0.3, 0.4) is 0 Å². The molecule has 0 aliphatic heterocycles. The summed E-state index contributed by atoms with van der Waals surface area (Å²) in [4.78, 5) is 4.18. The lowest BCUT2D eigenvalue weighted by molar-refractivity contribution is 0.303. The molecule has 0 atom stereocenters. The molecule has 1 aromatic carbocycles. The van der Waals surface area contributed by atoms with E-state index in [0.717, 1.165) is 22.7 Å². The molecule has 2 aromatic rings. The van der Waals surface area contributed by atoms with Crippen LogP contribution in [0.15, 0.2) is 36.5 Å². The van der Waals surface area contributed by atoms with Crippen LogP contribution < -0.4 is 15.6 Å². The van der Waals surface area contributed by atoms with Gasteiger partial charge in [0.2, 0.25) is 0 Å². The van der Waals surface area contributed by atoms with Crippen LogP contribution in [0.25, 0.3) is 0 Å². The molecule has 19 heavy (non-hydrogen) atoms. The zero-order valence-electron chi connectivity index (χ0n) is 10.9. The van der Waals surface area contributed by atoms with Crippen molar-refractivity contribution in [3.63, 3.8) is 0 Å². The number of anilines is 1. The number of benzene rings is 1. The number of aryl methyl sites for hydroxylation is 1. The van der Waals surface area contributed by atoms with E-state index < -0.39 is 0 Å². The Morgan fingerprint density at radius 1 is 1.32 bits per heavy atom. The predicted molar refractivity (Wildman–Crippen MR) is 77.3 cm³/mol. The van der Waals surface area contributed by atoms with E-state index in [9.17, 15) is 0 Å². The van der Waals surface area contributed by atoms with Gasteiger partial charge in [0.1, 0.15) is 12.4 Å². The summed E-state index contributed by atoms with van der Waals surface area (Å²) < 4.78 is 5.77. The molecule has 0 aliphatic rings. The standard InChI is InChI=1S/C14H16ClN3O/c1-10-14(7-4-8-17-10)19-9-11-12(15)5-3-6-13(11)18(2)16/h3-8H,9,16H2,1-2H3. The Morgan fingerprint density at radius 2 is 2.11 bits per heavy atom. The summed E-state index contributed by atoms with van der Waals surface area (Å²) >= 11 is 6.20. The van der Waals surface area contributed by atoms with Gasteiger partial charge in [0.25, 0.3) is 0 Å². The van der Waals surface area contributed by atoms with Gasteiger partial charge in [-0.1, -0.05) is 17.7 Å². The fourth-order valence-corrected chi connectivity index (χ4v) is 2.02. The zero-order valence-corrected chi connectivity index (χ0v) is 11.7. The largest absolute Gasteiger partial charge is 0.487 e. The van der Waals surface area contributed by atoms with Crippen molar-refractivity contribution in [2.24, 2.45) is 5.84 Å². The molecule has 0 saturated heterocycles. The molecule has 2 rings (SSSR count). The van der Waals surface area contributed by atoms with Crippen molar-refractivity contribution in [2.45, 2.75) is 13.5 Å². The Morgan fingerprint density at radius 3 is 2.79 bits per heavy atom. The second-order valence-corrected chi connectivity index (χ2v) is 4.63. The first-order valence-corrected chi connectivity index (χ1v) is 6.27. The summed E-state index contributed by atoms with van der Waals surface area (Å²) in [5.41, 5.74) is 2.55. The van der Waals surface area contributed by atoms with Crippen LogP contribution in [0.4, 0.5) is 5.69 Å². The molecule has 0 saturated carbocycles. The minimum absolute atomic E-state index is 0.350. The van der Waals surface area contributed by atoms with Crippen molar-refractivity contribution in [1.29, 1.82) is 0 Å². The van der Waals surface area contributed by atoms with Crippen LogP contribution in [-0.2, 0) is 6.61 Å². The highest BCUT2D eigenvalue weighted by Crippen LogP contribution is 2.27. The molecule has 0 spiro atoms. The molecule has 0 amide bonds. The molecule has 0 unspecified atom stereocenters. The van der Waals surface area contributed by atoms with Crippen LogP contribution in [0, 0.1) is 6.92 Å². The van der Waals surface area contributed by atoms with Crippen molar-refractivity contribution in [3.8, 4) is 5.75 Å². The SMILES string of the molecule is Cc1ncccc1OCc1c(Cl)cccc1N(C)N. The number of nitrogens with zero attached hydrogens (tertiary/aromatic N) is 2. The number of ether oxygens (including phenoxy) is 1. The van der Waals surface area contributed by atoms with Gasteiger partial charge in [-0.2, -0.15) is 0 Å². The minimum atomic E-state index is 0.350. The molecular weight excluding hydrogens is 262 g/mol. The Bertz CT molecular complexity index is 572. The third kappa shape index (κ3) is 3.16. The first kappa shape index (κ1) is 13.6. The second-order valence-electron chi connectivity index (χ2n) is 4.22. The van der Waals surface area contributed by atoms with Gasteiger partial charge >= 0.3 is 0 Å². The van der Waals surface area contributed by atoms with Gasteiger partial charge in [0, 0.05) is 23.8 Å². The molecule has 100 valence electrons. The predicted octanol–water partition coefficient (Wildman–Crippen LogP) is 2.93. The molecule has 4 nitrogen and oxygen atoms in total. The third-order valence-corrected chi connectivity index (χ3v) is 3.16. The average molecular weight is 278 g/mol. The number of nitrogens with two attached hydrogens (primary N) is 1. The van der Waals surface area contributed by atoms with Crippen LogP contribution >= 0.6 is 11.6 Å². The van der Waals surface area contributed by atoms with Gasteiger partial charge in [-0.3, -0.25) is 4.98 Å². The third-order valence-electron chi connectivity index (χ3n) is 2.80. The van der Waals surface area contributed by atoms with Gasteiger partial charge in [-0.25, -0.2) is 5.84 Å². The van der Waals surface area contributed by atoms with E-state index in [2.05, 4.69) is 4.98 Å². The monoisotopic (exact) mass is 277 g/mol. The Labute approximate surface area is 117 Å². The highest BCUT2D eigenvalue weighted by atomic mass is 35.5. The molecule has 0 fully saturated rings. The van der Waals surface area contributed by atoms with Crippen LogP contribution in [0.2, 0.25) is 5.02 Å². The normalized spacial score (nSPS) is 10.3. The lowest BCUT2D eigenvalue weighted by atomic mass is 10.2. The summed E-state index contributed by atoms with van der Waals surface area (Å²) in [6.07, 6.45) is 1.73. The molecule has 1 aromatic heterocycles. The van der Waals surface area contributed by atoms with E-state index in [0.29, 0.717) is 11.6 Å². The number of halogens is 1. The zero-order chi connectivity index (χ0) is 13.8. The number of pyridine rings is 1. The number of hydrazine groups is 1. The van der Waals surface area contributed by atoms with Gasteiger partial charge in [0.05, 0.1) is 11.4 Å².